The van der Waals surface area contributed by atoms with Gasteiger partial charge in [-0.2, -0.15) is 0 Å². The van der Waals surface area contributed by atoms with Gasteiger partial charge < -0.3 is 38.0 Å². The largest absolute Gasteiger partial charge is 0.493 e. The monoisotopic (exact) mass is 529 g/mol. The van der Waals surface area contributed by atoms with Gasteiger partial charge in [0.05, 0.1) is 41.2 Å². The minimum Gasteiger partial charge on any atom is -0.493 e. The molecule has 0 saturated carbocycles. The first kappa shape index (κ1) is 28.5. The van der Waals surface area contributed by atoms with Crippen molar-refractivity contribution in [2.45, 2.75) is 6.92 Å². The molecule has 0 fully saturated rings. The van der Waals surface area contributed by atoms with E-state index in [0.29, 0.717) is 64.2 Å². The average Bonchev–Trinajstić information content (AvgIpc) is 2.93. The van der Waals surface area contributed by atoms with E-state index < -0.39 is 12.6 Å². The van der Waals surface area contributed by atoms with Crippen LogP contribution >= 0.6 is 0 Å². The van der Waals surface area contributed by atoms with Crippen LogP contribution in [0.25, 0.3) is 5.57 Å². The lowest BCUT2D eigenvalue weighted by atomic mass is 9.85. The first-order chi connectivity index (χ1) is 18.5. The van der Waals surface area contributed by atoms with Gasteiger partial charge in [-0.05, 0) is 42.8 Å². The van der Waals surface area contributed by atoms with E-state index >= 15 is 0 Å². The Balaban J connectivity index is 2.04. The average molecular weight is 530 g/mol. The summed E-state index contributed by atoms with van der Waals surface area (Å²) in [5.74, 6) is 0.779. The molecule has 0 unspecified atom stereocenters. The van der Waals surface area contributed by atoms with E-state index in [1.165, 1.54) is 27.4 Å². The number of carbonyl (C=O) groups is 2. The fourth-order valence-corrected chi connectivity index (χ4v) is 3.64. The molecule has 1 aliphatic carbocycles. The predicted octanol–water partition coefficient (Wildman–Crippen LogP) is 3.28. The molecule has 0 heterocycles. The Morgan fingerprint density at radius 2 is 1.58 bits per heavy atom. The van der Waals surface area contributed by atoms with Crippen LogP contribution in [0.3, 0.4) is 0 Å². The number of esters is 1. The second kappa shape index (κ2) is 14.0. The summed E-state index contributed by atoms with van der Waals surface area (Å²) in [5, 5.41) is 4.23. The van der Waals surface area contributed by atoms with Gasteiger partial charge in [-0.3, -0.25) is 4.79 Å². The van der Waals surface area contributed by atoms with E-state index in [9.17, 15) is 9.59 Å². The number of nitrogens with zero attached hydrogens (tertiary/aromatic N) is 1. The number of oxime groups is 1. The summed E-state index contributed by atoms with van der Waals surface area (Å²) in [5.41, 5.74) is 2.10. The number of hydrogen-bond donors (Lipinski definition) is 0. The first-order valence-electron chi connectivity index (χ1n) is 11.7. The second-order valence-electron chi connectivity index (χ2n) is 7.72. The number of rotatable bonds is 14. The van der Waals surface area contributed by atoms with Crippen LogP contribution in [0.4, 0.5) is 0 Å². The molecule has 0 aliphatic heterocycles. The van der Waals surface area contributed by atoms with Gasteiger partial charge in [-0.15, -0.1) is 0 Å². The molecule has 38 heavy (non-hydrogen) atoms. The van der Waals surface area contributed by atoms with Crippen molar-refractivity contribution in [2.24, 2.45) is 5.16 Å². The van der Waals surface area contributed by atoms with Crippen molar-refractivity contribution in [2.75, 3.05) is 61.7 Å². The van der Waals surface area contributed by atoms with Crippen LogP contribution in [0.1, 0.15) is 28.4 Å². The molecule has 0 N–H and O–H groups in total. The van der Waals surface area contributed by atoms with Crippen LogP contribution in [0, 0.1) is 0 Å². The highest BCUT2D eigenvalue weighted by Gasteiger charge is 2.29. The summed E-state index contributed by atoms with van der Waals surface area (Å²) >= 11 is 0. The minimum absolute atomic E-state index is 0.0664. The Kier molecular flexibility index (Phi) is 10.5. The Bertz CT molecular complexity index is 1200. The van der Waals surface area contributed by atoms with E-state index in [-0.39, 0.29) is 19.2 Å². The predicted molar refractivity (Wildman–Crippen MR) is 137 cm³/mol. The lowest BCUT2D eigenvalue weighted by Crippen LogP contribution is -2.19. The molecule has 0 radical (unpaired) electrons. The second-order valence-corrected chi connectivity index (χ2v) is 7.72. The molecule has 3 rings (SSSR count). The Morgan fingerprint density at radius 1 is 0.868 bits per heavy atom. The van der Waals surface area contributed by atoms with E-state index in [0.717, 1.165) is 0 Å². The van der Waals surface area contributed by atoms with Gasteiger partial charge in [0.1, 0.15) is 5.71 Å². The van der Waals surface area contributed by atoms with E-state index in [1.807, 2.05) is 0 Å². The summed E-state index contributed by atoms with van der Waals surface area (Å²) in [4.78, 5) is 30.4. The summed E-state index contributed by atoms with van der Waals surface area (Å²) in [6, 6.07) is 8.37. The standard InChI is InChI=1S/C27H31NO10/c1-6-36-26(30)15-38-28-27-18(17-7-8-22(32-3)23(11-17)33-4)12-21(29)19-13-25(24(34-5)14-20(19)27)37-16-35-10-9-31-2/h7-8,11-14H,6,9-10,15-16H2,1-5H3/b28-27-. The minimum atomic E-state index is -0.574. The Labute approximate surface area is 220 Å². The number of ether oxygens (including phenoxy) is 7. The summed E-state index contributed by atoms with van der Waals surface area (Å²) < 4.78 is 37.2. The topological polar surface area (TPSA) is 120 Å². The van der Waals surface area contributed by atoms with E-state index in [1.54, 1.807) is 44.4 Å². The molecule has 0 aromatic heterocycles. The third-order valence-electron chi connectivity index (χ3n) is 5.42. The lowest BCUT2D eigenvalue weighted by Gasteiger charge is -2.21. The van der Waals surface area contributed by atoms with Crippen molar-refractivity contribution in [3.05, 3.63) is 53.1 Å². The molecule has 11 heteroatoms. The number of allylic oxidation sites excluding steroid dienone is 2. The summed E-state index contributed by atoms with van der Waals surface area (Å²) in [6.45, 7) is 2.19. The van der Waals surface area contributed by atoms with Crippen molar-refractivity contribution in [1.29, 1.82) is 0 Å². The van der Waals surface area contributed by atoms with Gasteiger partial charge in [-0.1, -0.05) is 11.2 Å². The number of methoxy groups -OCH3 is 4. The summed E-state index contributed by atoms with van der Waals surface area (Å²) in [7, 11) is 6.09. The Hall–Kier alpha value is -4.09. The molecule has 0 spiro atoms. The van der Waals surface area contributed by atoms with E-state index in [2.05, 4.69) is 5.16 Å². The fourth-order valence-electron chi connectivity index (χ4n) is 3.64. The normalized spacial score (nSPS) is 13.4. The summed E-state index contributed by atoms with van der Waals surface area (Å²) in [6.07, 6.45) is 1.43. The van der Waals surface area contributed by atoms with Gasteiger partial charge in [0.2, 0.25) is 6.61 Å². The molecule has 11 nitrogen and oxygen atoms in total. The molecular formula is C27H31NO10. The molecule has 0 bridgehead atoms. The van der Waals surface area contributed by atoms with E-state index in [4.69, 9.17) is 38.0 Å². The van der Waals surface area contributed by atoms with Crippen LogP contribution in [0.15, 0.2) is 41.6 Å². The van der Waals surface area contributed by atoms with Crippen molar-refractivity contribution in [3.63, 3.8) is 0 Å². The van der Waals surface area contributed by atoms with Crippen LogP contribution < -0.4 is 18.9 Å². The van der Waals surface area contributed by atoms with Gasteiger partial charge >= 0.3 is 5.97 Å². The molecule has 1 aliphatic rings. The number of ketones is 1. The molecular weight excluding hydrogens is 498 g/mol. The Morgan fingerprint density at radius 3 is 2.26 bits per heavy atom. The van der Waals surface area contributed by atoms with Gasteiger partial charge in [0, 0.05) is 23.8 Å². The highest BCUT2D eigenvalue weighted by molar-refractivity contribution is 6.40. The zero-order chi connectivity index (χ0) is 27.5. The van der Waals surface area contributed by atoms with Gasteiger partial charge in [0.25, 0.3) is 0 Å². The maximum Gasteiger partial charge on any atom is 0.347 e. The molecule has 0 amide bonds. The highest BCUT2D eigenvalue weighted by Crippen LogP contribution is 2.38. The van der Waals surface area contributed by atoms with Crippen molar-refractivity contribution in [3.8, 4) is 23.0 Å². The number of hydrogen-bond acceptors (Lipinski definition) is 11. The lowest BCUT2D eigenvalue weighted by molar-refractivity contribution is -0.148. The van der Waals surface area contributed by atoms with Crippen LogP contribution in [0.2, 0.25) is 0 Å². The van der Waals surface area contributed by atoms with Crippen molar-refractivity contribution in [1.82, 2.24) is 0 Å². The fraction of sp³-hybridized carbons (Fsp3) is 0.370. The number of benzene rings is 2. The van der Waals surface area contributed by atoms with Crippen LogP contribution in [0.5, 0.6) is 23.0 Å². The van der Waals surface area contributed by atoms with Gasteiger partial charge in [-0.25, -0.2) is 4.79 Å². The first-order valence-corrected chi connectivity index (χ1v) is 11.7. The molecule has 204 valence electrons. The molecule has 0 atom stereocenters. The van der Waals surface area contributed by atoms with Crippen LogP contribution in [-0.4, -0.2) is 79.1 Å². The van der Waals surface area contributed by atoms with Crippen molar-refractivity contribution >= 4 is 23.0 Å². The third-order valence-corrected chi connectivity index (χ3v) is 5.42. The zero-order valence-corrected chi connectivity index (χ0v) is 22.0. The number of fused-ring (bicyclic) bond motifs is 1. The smallest absolute Gasteiger partial charge is 0.347 e. The van der Waals surface area contributed by atoms with Crippen molar-refractivity contribution < 1.29 is 47.6 Å². The maximum atomic E-state index is 13.3. The SMILES string of the molecule is CCOC(=O)CO/N=C1/C(c2ccc(OC)c(OC)c2)=CC(=O)c2cc(OCOCCOC)c(OC)cc21. The third kappa shape index (κ3) is 6.81. The zero-order valence-electron chi connectivity index (χ0n) is 22.0. The molecule has 2 aromatic rings. The quantitative estimate of drug-likeness (QED) is 0.156. The molecule has 2 aromatic carbocycles. The highest BCUT2D eigenvalue weighted by atomic mass is 16.7. The number of carbonyl (C=O) groups excluding carboxylic acids is 2. The van der Waals surface area contributed by atoms with Crippen LogP contribution in [-0.2, 0) is 23.8 Å². The van der Waals surface area contributed by atoms with Gasteiger partial charge in [0.15, 0.2) is 35.6 Å². The molecule has 0 saturated heterocycles. The maximum absolute atomic E-state index is 13.3.